The van der Waals surface area contributed by atoms with Gasteiger partial charge in [-0.3, -0.25) is 14.2 Å². The first kappa shape index (κ1) is 34.0. The molecule has 2 aromatic heterocycles. The number of piperidine rings is 1. The number of aromatic nitrogens is 3. The highest BCUT2D eigenvalue weighted by Crippen LogP contribution is 2.45. The van der Waals surface area contributed by atoms with E-state index >= 15 is 0 Å². The molecule has 1 aliphatic rings. The van der Waals surface area contributed by atoms with Crippen LogP contribution in [-0.2, 0) is 11.3 Å². The monoisotopic (exact) mass is 655 g/mol. The van der Waals surface area contributed by atoms with Crippen molar-refractivity contribution in [1.29, 1.82) is 5.26 Å². The number of nitrogens with zero attached hydrogens (tertiary/aromatic N) is 5. The lowest BCUT2D eigenvalue weighted by molar-refractivity contribution is -0.128. The molecule has 13 heteroatoms. The lowest BCUT2D eigenvalue weighted by Crippen LogP contribution is -2.40. The predicted octanol–water partition coefficient (Wildman–Crippen LogP) is 5.29. The molecule has 240 valence electrons. The van der Waals surface area contributed by atoms with Crippen molar-refractivity contribution in [3.05, 3.63) is 50.4 Å². The molecule has 3 heterocycles. The average molecular weight is 657 g/mol. The number of nitrogens with one attached hydrogen (secondary N) is 2. The van der Waals surface area contributed by atoms with Crippen LogP contribution < -0.4 is 25.7 Å². The number of aryl methyl sites for hydroxylation is 1. The zero-order chi connectivity index (χ0) is 32.9. The van der Waals surface area contributed by atoms with E-state index in [2.05, 4.69) is 26.7 Å². The van der Waals surface area contributed by atoms with E-state index in [1.165, 1.54) is 14.2 Å². The number of rotatable bonds is 11. The SMILES string of the molecule is CNc1ncc2cc(-c3c(Cl)c(OC)cc(OC)c3Cl)c(=O)n(CCCC3CCN(C(=O)/C(C#N)=C\C(C)(C)NC)CC3)c2n1. The smallest absolute Gasteiger partial charge is 0.264 e. The molecule has 1 fully saturated rings. The van der Waals surface area contributed by atoms with Crippen LogP contribution in [0.1, 0.15) is 39.5 Å². The van der Waals surface area contributed by atoms with Gasteiger partial charge in [-0.25, -0.2) is 4.98 Å². The van der Waals surface area contributed by atoms with Crippen molar-refractivity contribution < 1.29 is 14.3 Å². The molecule has 2 N–H and O–H groups in total. The summed E-state index contributed by atoms with van der Waals surface area (Å²) in [6.45, 7) is 5.38. The summed E-state index contributed by atoms with van der Waals surface area (Å²) in [6, 6.07) is 5.34. The van der Waals surface area contributed by atoms with Gasteiger partial charge in [0, 0.05) is 55.4 Å². The summed E-state index contributed by atoms with van der Waals surface area (Å²) in [5, 5.41) is 16.7. The number of carbonyl (C=O) groups excluding carboxylic acids is 1. The standard InChI is InChI=1S/C32H39Cl2N7O4/c1-32(2,37-4)16-21(17-35)29(42)40-12-9-19(10-13-40)8-7-11-41-28-20(18-38-31(36-3)39-28)14-22(30(41)43)25-26(33)23(44-5)15-24(45-6)27(25)34/h14-16,18-19,37H,7-13H2,1-6H3,(H,36,38,39)/b21-16-. The summed E-state index contributed by atoms with van der Waals surface area (Å²) in [4.78, 5) is 37.8. The lowest BCUT2D eigenvalue weighted by Gasteiger charge is -2.32. The Morgan fingerprint density at radius 2 is 1.80 bits per heavy atom. The van der Waals surface area contributed by atoms with E-state index in [4.69, 9.17) is 32.7 Å². The molecule has 4 rings (SSSR count). The first-order valence-electron chi connectivity index (χ1n) is 14.8. The fraction of sp³-hybridized carbons (Fsp3) is 0.469. The molecule has 0 saturated carbocycles. The second-order valence-corrected chi connectivity index (χ2v) is 12.3. The molecule has 3 aromatic rings. The molecule has 0 bridgehead atoms. The van der Waals surface area contributed by atoms with Gasteiger partial charge in [0.05, 0.1) is 29.8 Å². The third kappa shape index (κ3) is 7.35. The Morgan fingerprint density at radius 3 is 2.36 bits per heavy atom. The number of likely N-dealkylation sites (tertiary alicyclic amines) is 1. The summed E-state index contributed by atoms with van der Waals surface area (Å²) >= 11 is 13.4. The van der Waals surface area contributed by atoms with Gasteiger partial charge < -0.3 is 25.0 Å². The Hall–Kier alpha value is -3.85. The quantitative estimate of drug-likeness (QED) is 0.209. The summed E-state index contributed by atoms with van der Waals surface area (Å²) in [5.74, 6) is 1.18. The van der Waals surface area contributed by atoms with Gasteiger partial charge in [0.25, 0.3) is 11.5 Å². The van der Waals surface area contributed by atoms with E-state index in [1.54, 1.807) is 48.0 Å². The fourth-order valence-corrected chi connectivity index (χ4v) is 6.20. The number of hydrogen-bond donors (Lipinski definition) is 2. The molecule has 11 nitrogen and oxygen atoms in total. The number of carbonyl (C=O) groups is 1. The zero-order valence-corrected chi connectivity index (χ0v) is 28.0. The number of halogens is 2. The van der Waals surface area contributed by atoms with Gasteiger partial charge >= 0.3 is 0 Å². The van der Waals surface area contributed by atoms with Crippen molar-refractivity contribution in [2.75, 3.05) is 46.7 Å². The second kappa shape index (κ2) is 14.5. The van der Waals surface area contributed by atoms with Crippen molar-refractivity contribution >= 4 is 46.1 Å². The number of fused-ring (bicyclic) bond motifs is 1. The van der Waals surface area contributed by atoms with E-state index in [9.17, 15) is 14.9 Å². The molecule has 0 atom stereocenters. The Balaban J connectivity index is 1.57. The number of anilines is 1. The Morgan fingerprint density at radius 1 is 1.16 bits per heavy atom. The van der Waals surface area contributed by atoms with Crippen LogP contribution in [-0.4, -0.2) is 72.3 Å². The zero-order valence-electron chi connectivity index (χ0n) is 26.5. The van der Waals surface area contributed by atoms with Gasteiger partial charge in [-0.2, -0.15) is 10.2 Å². The fourth-order valence-electron chi connectivity index (χ4n) is 5.50. The molecular weight excluding hydrogens is 617 g/mol. The maximum Gasteiger partial charge on any atom is 0.264 e. The summed E-state index contributed by atoms with van der Waals surface area (Å²) in [5.41, 5.74) is 0.468. The Bertz CT molecular complexity index is 1680. The van der Waals surface area contributed by atoms with Gasteiger partial charge in [0.2, 0.25) is 5.95 Å². The minimum Gasteiger partial charge on any atom is -0.495 e. The highest BCUT2D eigenvalue weighted by atomic mass is 35.5. The van der Waals surface area contributed by atoms with Crippen LogP contribution in [0.2, 0.25) is 10.0 Å². The molecular formula is C32H39Cl2N7O4. The third-order valence-corrected chi connectivity index (χ3v) is 9.04. The van der Waals surface area contributed by atoms with Crippen LogP contribution in [0.3, 0.4) is 0 Å². The summed E-state index contributed by atoms with van der Waals surface area (Å²) < 4.78 is 12.5. The van der Waals surface area contributed by atoms with Crippen LogP contribution >= 0.6 is 23.2 Å². The molecule has 0 unspecified atom stereocenters. The van der Waals surface area contributed by atoms with Crippen molar-refractivity contribution in [2.24, 2.45) is 5.92 Å². The topological polar surface area (TPSA) is 134 Å². The van der Waals surface area contributed by atoms with Gasteiger partial charge in [0.1, 0.15) is 28.8 Å². The summed E-state index contributed by atoms with van der Waals surface area (Å²) in [6.07, 6.45) is 6.53. The maximum atomic E-state index is 14.1. The normalized spacial score (nSPS) is 14.4. The van der Waals surface area contributed by atoms with E-state index in [-0.39, 0.29) is 32.6 Å². The van der Waals surface area contributed by atoms with Crippen LogP contribution in [0, 0.1) is 17.2 Å². The van der Waals surface area contributed by atoms with E-state index < -0.39 is 5.54 Å². The van der Waals surface area contributed by atoms with Gasteiger partial charge in [-0.1, -0.05) is 23.2 Å². The molecule has 1 saturated heterocycles. The van der Waals surface area contributed by atoms with E-state index in [1.807, 2.05) is 13.8 Å². The molecule has 0 radical (unpaired) electrons. The number of benzene rings is 1. The molecule has 45 heavy (non-hydrogen) atoms. The first-order valence-corrected chi connectivity index (χ1v) is 15.5. The number of ether oxygens (including phenoxy) is 2. The largest absolute Gasteiger partial charge is 0.495 e. The van der Waals surface area contributed by atoms with Gasteiger partial charge in [-0.15, -0.1) is 0 Å². The number of methoxy groups -OCH3 is 2. The molecule has 0 spiro atoms. The minimum atomic E-state index is -0.465. The van der Waals surface area contributed by atoms with Crippen LogP contribution in [0.25, 0.3) is 22.2 Å². The van der Waals surface area contributed by atoms with Crippen LogP contribution in [0.5, 0.6) is 11.5 Å². The Kier molecular flexibility index (Phi) is 11.0. The van der Waals surface area contributed by atoms with Crippen molar-refractivity contribution in [1.82, 2.24) is 24.8 Å². The van der Waals surface area contributed by atoms with E-state index in [0.717, 1.165) is 19.3 Å². The highest BCUT2D eigenvalue weighted by Gasteiger charge is 2.27. The lowest BCUT2D eigenvalue weighted by atomic mass is 9.91. The van der Waals surface area contributed by atoms with Crippen LogP contribution in [0.4, 0.5) is 5.95 Å². The predicted molar refractivity (Wildman–Crippen MR) is 177 cm³/mol. The van der Waals surface area contributed by atoms with Crippen molar-refractivity contribution in [3.63, 3.8) is 0 Å². The van der Waals surface area contributed by atoms with Crippen LogP contribution in [0.15, 0.2) is 34.8 Å². The summed E-state index contributed by atoms with van der Waals surface area (Å²) in [7, 11) is 6.47. The molecule has 1 amide bonds. The van der Waals surface area contributed by atoms with Gasteiger partial charge in [0.15, 0.2) is 0 Å². The number of likely N-dealkylation sites (N-methyl/N-ethyl adjacent to an activating group) is 1. The van der Waals surface area contributed by atoms with Crippen molar-refractivity contribution in [2.45, 2.75) is 51.6 Å². The molecule has 1 aliphatic heterocycles. The van der Waals surface area contributed by atoms with E-state index in [0.29, 0.717) is 66.0 Å². The number of hydrogen-bond acceptors (Lipinski definition) is 9. The highest BCUT2D eigenvalue weighted by molar-refractivity contribution is 6.41. The average Bonchev–Trinajstić information content (AvgIpc) is 3.05. The maximum absolute atomic E-state index is 14.1. The number of amides is 1. The first-order chi connectivity index (χ1) is 21.5. The molecule has 0 aliphatic carbocycles. The third-order valence-electron chi connectivity index (χ3n) is 8.29. The van der Waals surface area contributed by atoms with Crippen molar-refractivity contribution in [3.8, 4) is 28.7 Å². The Labute approximate surface area is 273 Å². The van der Waals surface area contributed by atoms with Gasteiger partial charge in [-0.05, 0) is 64.6 Å². The second-order valence-electron chi connectivity index (χ2n) is 11.5. The number of pyridine rings is 1. The minimum absolute atomic E-state index is 0.149. The number of nitriles is 1. The molecule has 1 aromatic carbocycles.